The van der Waals surface area contributed by atoms with Gasteiger partial charge in [-0.05, 0) is 44.0 Å². The Hall–Kier alpha value is -3.13. The van der Waals surface area contributed by atoms with E-state index in [2.05, 4.69) is 10.3 Å². The van der Waals surface area contributed by atoms with Crippen molar-refractivity contribution < 1.29 is 19.5 Å². The van der Waals surface area contributed by atoms with Crippen molar-refractivity contribution in [1.29, 1.82) is 0 Å². The van der Waals surface area contributed by atoms with Crippen molar-refractivity contribution in [3.8, 4) is 0 Å². The van der Waals surface area contributed by atoms with Crippen LogP contribution in [0.4, 0.5) is 0 Å². The molecule has 8 nitrogen and oxygen atoms in total. The number of hydrogen-bond donors (Lipinski definition) is 3. The number of para-hydroxylation sites is 1. The van der Waals surface area contributed by atoms with E-state index < -0.39 is 34.9 Å². The zero-order chi connectivity index (χ0) is 29.2. The Kier molecular flexibility index (Phi) is 9.59. The molecular formula is C30H46N4O4. The third kappa shape index (κ3) is 6.65. The number of rotatable bonds is 10. The van der Waals surface area contributed by atoms with Gasteiger partial charge in [-0.15, -0.1) is 0 Å². The predicted molar refractivity (Wildman–Crippen MR) is 153 cm³/mol. The number of carbonyl (C=O) groups excluding carboxylic acids is 2. The molecule has 2 aromatic rings. The summed E-state index contributed by atoms with van der Waals surface area (Å²) in [5, 5.41) is 13.5. The smallest absolute Gasteiger partial charge is 0.331 e. The lowest BCUT2D eigenvalue weighted by atomic mass is 9.76. The van der Waals surface area contributed by atoms with Gasteiger partial charge < -0.3 is 20.3 Å². The molecule has 0 fully saturated rings. The van der Waals surface area contributed by atoms with E-state index in [1.807, 2.05) is 97.9 Å². The van der Waals surface area contributed by atoms with Gasteiger partial charge in [0, 0.05) is 35.1 Å². The van der Waals surface area contributed by atoms with Crippen LogP contribution in [-0.4, -0.2) is 76.9 Å². The quantitative estimate of drug-likeness (QED) is 0.398. The Morgan fingerprint density at radius 2 is 1.61 bits per heavy atom. The number of aliphatic carboxylic acids is 1. The third-order valence-electron chi connectivity index (χ3n) is 7.37. The van der Waals surface area contributed by atoms with E-state index in [0.717, 1.165) is 16.5 Å². The average molecular weight is 527 g/mol. The van der Waals surface area contributed by atoms with Gasteiger partial charge in [-0.25, -0.2) is 4.79 Å². The van der Waals surface area contributed by atoms with E-state index >= 15 is 0 Å². The molecule has 1 heterocycles. The molecule has 3 N–H and O–H groups in total. The van der Waals surface area contributed by atoms with Gasteiger partial charge in [0.15, 0.2) is 0 Å². The number of fused-ring (bicyclic) bond motifs is 1. The van der Waals surface area contributed by atoms with Gasteiger partial charge in [0.25, 0.3) is 0 Å². The average Bonchev–Trinajstić information content (AvgIpc) is 3.23. The summed E-state index contributed by atoms with van der Waals surface area (Å²) in [6, 6.07) is 6.18. The van der Waals surface area contributed by atoms with Gasteiger partial charge in [-0.2, -0.15) is 0 Å². The summed E-state index contributed by atoms with van der Waals surface area (Å²) in [7, 11) is 5.41. The van der Waals surface area contributed by atoms with E-state index in [9.17, 15) is 19.5 Å². The Balaban J connectivity index is 2.45. The molecule has 0 aliphatic carbocycles. The summed E-state index contributed by atoms with van der Waals surface area (Å²) in [5.41, 5.74) is 1.02. The standard InChI is InChI=1S/C30H46N4O4/c1-18(2)23(16-19(3)28(37)38)34(11)27(36)24(29(4,5)6)32-26(35)25(33(9)10)30(7,8)21-17-31-22-15-13-12-14-20(21)22/h12-18,23-25,31H,1-11H3,(H,32,35)(H,37,38)/b19-16+/t23-,24-,25-/m1/s1. The number of nitrogens with one attached hydrogen (secondary N) is 2. The maximum Gasteiger partial charge on any atom is 0.331 e. The molecule has 3 atom stereocenters. The zero-order valence-electron chi connectivity index (χ0n) is 24.8. The summed E-state index contributed by atoms with van der Waals surface area (Å²) < 4.78 is 0. The number of carboxylic acids is 1. The first-order chi connectivity index (χ1) is 17.4. The number of H-pyrrole nitrogens is 1. The second kappa shape index (κ2) is 11.7. The number of aromatic amines is 1. The molecule has 0 saturated heterocycles. The summed E-state index contributed by atoms with van der Waals surface area (Å²) in [4.78, 5) is 46.1. The molecule has 8 heteroatoms. The van der Waals surface area contributed by atoms with Crippen LogP contribution in [-0.2, 0) is 19.8 Å². The lowest BCUT2D eigenvalue weighted by Crippen LogP contribution is -2.61. The molecule has 0 saturated carbocycles. The molecule has 210 valence electrons. The number of carbonyl (C=O) groups is 3. The molecule has 1 aromatic heterocycles. The minimum Gasteiger partial charge on any atom is -0.478 e. The first-order valence-electron chi connectivity index (χ1n) is 13.1. The number of amides is 2. The highest BCUT2D eigenvalue weighted by molar-refractivity contribution is 5.93. The fourth-order valence-electron chi connectivity index (χ4n) is 5.26. The van der Waals surface area contributed by atoms with Crippen molar-refractivity contribution >= 4 is 28.7 Å². The normalized spacial score (nSPS) is 15.4. The number of carboxylic acid groups (broad SMARTS) is 1. The van der Waals surface area contributed by atoms with E-state index in [-0.39, 0.29) is 23.3 Å². The van der Waals surface area contributed by atoms with Crippen LogP contribution in [0.1, 0.15) is 61.0 Å². The summed E-state index contributed by atoms with van der Waals surface area (Å²) in [6.45, 7) is 15.2. The molecule has 38 heavy (non-hydrogen) atoms. The van der Waals surface area contributed by atoms with Crippen LogP contribution >= 0.6 is 0 Å². The van der Waals surface area contributed by atoms with Crippen LogP contribution in [0.2, 0.25) is 0 Å². The summed E-state index contributed by atoms with van der Waals surface area (Å²) in [6.07, 6.45) is 3.56. The third-order valence-corrected chi connectivity index (χ3v) is 7.37. The molecule has 0 aliphatic heterocycles. The Bertz CT molecular complexity index is 1190. The fourth-order valence-corrected chi connectivity index (χ4v) is 5.26. The first kappa shape index (κ1) is 31.1. The maximum absolute atomic E-state index is 14.0. The minimum atomic E-state index is -1.02. The van der Waals surface area contributed by atoms with Gasteiger partial charge in [0.05, 0.1) is 12.1 Å². The molecule has 0 aliphatic rings. The van der Waals surface area contributed by atoms with Crippen LogP contribution in [0.3, 0.4) is 0 Å². The van der Waals surface area contributed by atoms with E-state index in [1.165, 1.54) is 6.92 Å². The zero-order valence-corrected chi connectivity index (χ0v) is 24.8. The number of hydrogen-bond acceptors (Lipinski definition) is 4. The van der Waals surface area contributed by atoms with Crippen molar-refractivity contribution in [1.82, 2.24) is 20.1 Å². The highest BCUT2D eigenvalue weighted by Crippen LogP contribution is 2.35. The predicted octanol–water partition coefficient (Wildman–Crippen LogP) is 4.42. The minimum absolute atomic E-state index is 0.0232. The van der Waals surface area contributed by atoms with Crippen LogP contribution in [0.25, 0.3) is 10.9 Å². The molecule has 0 unspecified atom stereocenters. The number of aromatic nitrogens is 1. The second-order valence-corrected chi connectivity index (χ2v) is 12.5. The largest absolute Gasteiger partial charge is 0.478 e. The van der Waals surface area contributed by atoms with Crippen LogP contribution in [0.15, 0.2) is 42.1 Å². The molecular weight excluding hydrogens is 480 g/mol. The first-order valence-corrected chi connectivity index (χ1v) is 13.1. The van der Waals surface area contributed by atoms with Gasteiger partial charge in [-0.3, -0.25) is 14.5 Å². The lowest BCUT2D eigenvalue weighted by Gasteiger charge is -2.41. The highest BCUT2D eigenvalue weighted by Gasteiger charge is 2.43. The molecule has 1 aromatic carbocycles. The molecule has 0 spiro atoms. The van der Waals surface area contributed by atoms with Crippen molar-refractivity contribution in [3.05, 3.63) is 47.7 Å². The Morgan fingerprint density at radius 1 is 1.03 bits per heavy atom. The SMILES string of the molecule is C/C(=C\[C@H](C(C)C)N(C)C(=O)[C@@H](NC(=O)[C@@H](N(C)C)C(C)(C)c1c[nH]c2ccccc12)C(C)(C)C)C(=O)O. The molecule has 2 rings (SSSR count). The highest BCUT2D eigenvalue weighted by atomic mass is 16.4. The van der Waals surface area contributed by atoms with Crippen molar-refractivity contribution in [2.45, 2.75) is 78.9 Å². The second-order valence-electron chi connectivity index (χ2n) is 12.5. The van der Waals surface area contributed by atoms with Crippen LogP contribution in [0.5, 0.6) is 0 Å². The Labute approximate surface area is 227 Å². The van der Waals surface area contributed by atoms with E-state index in [4.69, 9.17) is 0 Å². The van der Waals surface area contributed by atoms with Crippen molar-refractivity contribution in [2.24, 2.45) is 11.3 Å². The van der Waals surface area contributed by atoms with E-state index in [0.29, 0.717) is 0 Å². The van der Waals surface area contributed by atoms with E-state index in [1.54, 1.807) is 18.0 Å². The van der Waals surface area contributed by atoms with Crippen molar-refractivity contribution in [3.63, 3.8) is 0 Å². The van der Waals surface area contributed by atoms with Gasteiger partial charge in [0.2, 0.25) is 11.8 Å². The Morgan fingerprint density at radius 3 is 2.11 bits per heavy atom. The molecule has 0 bridgehead atoms. The summed E-state index contributed by atoms with van der Waals surface area (Å²) in [5.74, 6) is -1.55. The van der Waals surface area contributed by atoms with Gasteiger partial charge in [-0.1, -0.05) is 72.7 Å². The molecule has 2 amide bonds. The van der Waals surface area contributed by atoms with Crippen LogP contribution in [0, 0.1) is 11.3 Å². The van der Waals surface area contributed by atoms with Gasteiger partial charge in [0.1, 0.15) is 6.04 Å². The van der Waals surface area contributed by atoms with Crippen LogP contribution < -0.4 is 5.32 Å². The molecule has 0 radical (unpaired) electrons. The lowest BCUT2D eigenvalue weighted by molar-refractivity contribution is -0.142. The number of benzene rings is 1. The maximum atomic E-state index is 14.0. The van der Waals surface area contributed by atoms with Gasteiger partial charge >= 0.3 is 5.97 Å². The van der Waals surface area contributed by atoms with Crippen molar-refractivity contribution in [2.75, 3.05) is 21.1 Å². The fraction of sp³-hybridized carbons (Fsp3) is 0.567. The summed E-state index contributed by atoms with van der Waals surface area (Å²) >= 11 is 0. The monoisotopic (exact) mass is 526 g/mol. The number of likely N-dealkylation sites (N-methyl/N-ethyl adjacent to an activating group) is 2. The topological polar surface area (TPSA) is 106 Å². The number of nitrogens with zero attached hydrogens (tertiary/aromatic N) is 2.